The van der Waals surface area contributed by atoms with E-state index in [2.05, 4.69) is 44.3 Å². The number of aromatic nitrogens is 2. The fraction of sp³-hybridized carbons (Fsp3) is 0.240. The van der Waals surface area contributed by atoms with Crippen molar-refractivity contribution >= 4 is 29.4 Å². The van der Waals surface area contributed by atoms with Gasteiger partial charge in [0.15, 0.2) is 11.5 Å². The summed E-state index contributed by atoms with van der Waals surface area (Å²) in [7, 11) is 3.69. The van der Waals surface area contributed by atoms with E-state index in [1.807, 2.05) is 24.3 Å². The molecule has 9 heteroatoms. The Morgan fingerprint density at radius 1 is 1.06 bits per heavy atom. The summed E-state index contributed by atoms with van der Waals surface area (Å²) < 4.78 is 11.3. The van der Waals surface area contributed by atoms with Gasteiger partial charge in [-0.25, -0.2) is 9.78 Å². The standard InChI is InChI=1S/C25H27N5O4/c1-29-13-15-30(16-14-29)20-10-8-19(9-11-20)27-25-26-17-18(7-12-23(31)32)24(28-25)34-22-6-4-3-5-21(22)33-2/h3-12,17H,13-16H2,1-2H3,(H,31,32)(H,26,27,28)/b12-7+. The molecule has 1 fully saturated rings. The van der Waals surface area contributed by atoms with Gasteiger partial charge < -0.3 is 29.7 Å². The first kappa shape index (κ1) is 23.1. The molecule has 0 bridgehead atoms. The van der Waals surface area contributed by atoms with Crippen molar-refractivity contribution in [2.24, 2.45) is 0 Å². The lowest BCUT2D eigenvalue weighted by Gasteiger charge is -2.34. The van der Waals surface area contributed by atoms with Gasteiger partial charge in [0.05, 0.1) is 12.7 Å². The van der Waals surface area contributed by atoms with Gasteiger partial charge >= 0.3 is 5.97 Å². The maximum Gasteiger partial charge on any atom is 0.328 e. The number of para-hydroxylation sites is 2. The molecule has 0 amide bonds. The molecule has 2 aromatic carbocycles. The summed E-state index contributed by atoms with van der Waals surface area (Å²) in [5.74, 6) is 0.434. The number of hydrogen-bond acceptors (Lipinski definition) is 8. The SMILES string of the molecule is COc1ccccc1Oc1nc(Nc2ccc(N3CCN(C)CC3)cc2)ncc1/C=C/C(=O)O. The predicted molar refractivity (Wildman–Crippen MR) is 131 cm³/mol. The van der Waals surface area contributed by atoms with Crippen LogP contribution in [-0.4, -0.2) is 66.3 Å². The molecule has 0 aliphatic carbocycles. The molecule has 176 valence electrons. The van der Waals surface area contributed by atoms with Crippen molar-refractivity contribution in [1.82, 2.24) is 14.9 Å². The van der Waals surface area contributed by atoms with Gasteiger partial charge in [0.25, 0.3) is 0 Å². The molecule has 34 heavy (non-hydrogen) atoms. The Labute approximate surface area is 198 Å². The largest absolute Gasteiger partial charge is 0.493 e. The molecule has 4 rings (SSSR count). The Balaban J connectivity index is 1.55. The third-order valence-electron chi connectivity index (χ3n) is 5.45. The van der Waals surface area contributed by atoms with Gasteiger partial charge in [0, 0.05) is 49.8 Å². The lowest BCUT2D eigenvalue weighted by Crippen LogP contribution is -2.44. The maximum absolute atomic E-state index is 11.0. The number of rotatable bonds is 8. The molecular weight excluding hydrogens is 434 g/mol. The number of aliphatic carboxylic acids is 1. The Morgan fingerprint density at radius 2 is 1.76 bits per heavy atom. The molecule has 1 aliphatic heterocycles. The number of nitrogens with zero attached hydrogens (tertiary/aromatic N) is 4. The zero-order chi connectivity index (χ0) is 23.9. The topological polar surface area (TPSA) is 100 Å². The number of benzene rings is 2. The van der Waals surface area contributed by atoms with Crippen molar-refractivity contribution in [2.75, 3.05) is 50.6 Å². The van der Waals surface area contributed by atoms with Gasteiger partial charge in [-0.1, -0.05) is 12.1 Å². The van der Waals surface area contributed by atoms with E-state index in [9.17, 15) is 4.79 Å². The highest BCUT2D eigenvalue weighted by atomic mass is 16.5. The van der Waals surface area contributed by atoms with Crippen LogP contribution in [-0.2, 0) is 4.79 Å². The predicted octanol–water partition coefficient (Wildman–Crippen LogP) is 3.87. The quantitative estimate of drug-likeness (QED) is 0.484. The highest BCUT2D eigenvalue weighted by Gasteiger charge is 2.15. The molecule has 0 saturated carbocycles. The molecule has 9 nitrogen and oxygen atoms in total. The van der Waals surface area contributed by atoms with E-state index in [-0.39, 0.29) is 5.88 Å². The van der Waals surface area contributed by atoms with Crippen molar-refractivity contribution < 1.29 is 19.4 Å². The summed E-state index contributed by atoms with van der Waals surface area (Å²) in [4.78, 5) is 24.5. The molecule has 0 atom stereocenters. The molecule has 1 aromatic heterocycles. The number of piperazine rings is 1. The average molecular weight is 462 g/mol. The molecule has 0 radical (unpaired) electrons. The lowest BCUT2D eigenvalue weighted by atomic mass is 10.2. The third-order valence-corrected chi connectivity index (χ3v) is 5.45. The highest BCUT2D eigenvalue weighted by molar-refractivity contribution is 5.85. The second-order valence-electron chi connectivity index (χ2n) is 7.84. The Bertz CT molecular complexity index is 1160. The molecule has 1 aliphatic rings. The van der Waals surface area contributed by atoms with Gasteiger partial charge in [-0.15, -0.1) is 0 Å². The molecule has 0 spiro atoms. The highest BCUT2D eigenvalue weighted by Crippen LogP contribution is 2.32. The van der Waals surface area contributed by atoms with Crippen LogP contribution >= 0.6 is 0 Å². The van der Waals surface area contributed by atoms with Crippen LogP contribution in [0.3, 0.4) is 0 Å². The Kier molecular flexibility index (Phi) is 7.24. The number of likely N-dealkylation sites (N-methyl/N-ethyl adjacent to an activating group) is 1. The van der Waals surface area contributed by atoms with E-state index in [0.29, 0.717) is 23.0 Å². The number of ether oxygens (including phenoxy) is 2. The van der Waals surface area contributed by atoms with Crippen LogP contribution in [0.25, 0.3) is 6.08 Å². The normalized spacial score (nSPS) is 14.2. The fourth-order valence-corrected chi connectivity index (χ4v) is 3.55. The number of anilines is 3. The zero-order valence-corrected chi connectivity index (χ0v) is 19.1. The van der Waals surface area contributed by atoms with Gasteiger partial charge in [0.1, 0.15) is 0 Å². The minimum Gasteiger partial charge on any atom is -0.493 e. The number of methoxy groups -OCH3 is 1. The van der Waals surface area contributed by atoms with Crippen LogP contribution in [0.2, 0.25) is 0 Å². The van der Waals surface area contributed by atoms with Crippen molar-refractivity contribution in [3.05, 3.63) is 66.4 Å². The first-order valence-corrected chi connectivity index (χ1v) is 10.9. The van der Waals surface area contributed by atoms with Crippen molar-refractivity contribution in [1.29, 1.82) is 0 Å². The Hall–Kier alpha value is -4.11. The molecule has 1 saturated heterocycles. The molecule has 2 N–H and O–H groups in total. The van der Waals surface area contributed by atoms with Crippen LogP contribution in [0.5, 0.6) is 17.4 Å². The first-order valence-electron chi connectivity index (χ1n) is 10.9. The van der Waals surface area contributed by atoms with E-state index in [1.54, 1.807) is 19.2 Å². The Morgan fingerprint density at radius 3 is 2.44 bits per heavy atom. The lowest BCUT2D eigenvalue weighted by molar-refractivity contribution is -0.131. The molecule has 3 aromatic rings. The van der Waals surface area contributed by atoms with Gasteiger partial charge in [0.2, 0.25) is 11.8 Å². The third kappa shape index (κ3) is 5.81. The van der Waals surface area contributed by atoms with E-state index in [0.717, 1.165) is 37.9 Å². The monoisotopic (exact) mass is 461 g/mol. The summed E-state index contributed by atoms with van der Waals surface area (Å²) in [6.07, 6.45) is 3.91. The summed E-state index contributed by atoms with van der Waals surface area (Å²) in [5.41, 5.74) is 2.42. The van der Waals surface area contributed by atoms with Gasteiger partial charge in [-0.05, 0) is 49.5 Å². The summed E-state index contributed by atoms with van der Waals surface area (Å²) in [6.45, 7) is 4.10. The molecule has 2 heterocycles. The summed E-state index contributed by atoms with van der Waals surface area (Å²) >= 11 is 0. The van der Waals surface area contributed by atoms with Crippen LogP contribution in [0.4, 0.5) is 17.3 Å². The minimum atomic E-state index is -1.08. The van der Waals surface area contributed by atoms with Gasteiger partial charge in [-0.3, -0.25) is 0 Å². The number of carbonyl (C=O) groups is 1. The second-order valence-corrected chi connectivity index (χ2v) is 7.84. The van der Waals surface area contributed by atoms with Gasteiger partial charge in [-0.2, -0.15) is 4.98 Å². The van der Waals surface area contributed by atoms with Crippen molar-refractivity contribution in [3.8, 4) is 17.4 Å². The number of carboxylic acid groups (broad SMARTS) is 1. The number of hydrogen-bond donors (Lipinski definition) is 2. The molecular formula is C25H27N5O4. The maximum atomic E-state index is 11.0. The number of nitrogens with one attached hydrogen (secondary N) is 1. The second kappa shape index (κ2) is 10.7. The minimum absolute atomic E-state index is 0.202. The summed E-state index contributed by atoms with van der Waals surface area (Å²) in [6, 6.07) is 15.3. The van der Waals surface area contributed by atoms with Crippen LogP contribution < -0.4 is 19.7 Å². The van der Waals surface area contributed by atoms with E-state index < -0.39 is 5.97 Å². The van der Waals surface area contributed by atoms with Crippen LogP contribution in [0, 0.1) is 0 Å². The van der Waals surface area contributed by atoms with E-state index >= 15 is 0 Å². The zero-order valence-electron chi connectivity index (χ0n) is 19.1. The first-order chi connectivity index (χ1) is 16.5. The smallest absolute Gasteiger partial charge is 0.328 e. The van der Waals surface area contributed by atoms with Crippen molar-refractivity contribution in [2.45, 2.75) is 0 Å². The number of carboxylic acids is 1. The van der Waals surface area contributed by atoms with E-state index in [4.69, 9.17) is 14.6 Å². The average Bonchev–Trinajstić information content (AvgIpc) is 2.85. The van der Waals surface area contributed by atoms with E-state index in [1.165, 1.54) is 18.0 Å². The van der Waals surface area contributed by atoms with Crippen LogP contribution in [0.15, 0.2) is 60.8 Å². The summed E-state index contributed by atoms with van der Waals surface area (Å²) in [5, 5.41) is 12.2. The van der Waals surface area contributed by atoms with Crippen LogP contribution in [0.1, 0.15) is 5.56 Å². The van der Waals surface area contributed by atoms with Crippen molar-refractivity contribution in [3.63, 3.8) is 0 Å². The molecule has 0 unspecified atom stereocenters. The fourth-order valence-electron chi connectivity index (χ4n) is 3.55.